The van der Waals surface area contributed by atoms with Gasteiger partial charge in [-0.3, -0.25) is 0 Å². The van der Waals surface area contributed by atoms with Gasteiger partial charge >= 0.3 is 0 Å². The number of halogens is 4. The van der Waals surface area contributed by atoms with Gasteiger partial charge in [-0.25, -0.2) is 4.39 Å². The highest BCUT2D eigenvalue weighted by molar-refractivity contribution is 14.1. The summed E-state index contributed by atoms with van der Waals surface area (Å²) in [7, 11) is 1.91. The molecule has 0 radical (unpaired) electrons. The van der Waals surface area contributed by atoms with Crippen molar-refractivity contribution in [2.75, 3.05) is 7.05 Å². The van der Waals surface area contributed by atoms with Crippen molar-refractivity contribution in [1.82, 2.24) is 5.32 Å². The Balaban J connectivity index is 2.55. The lowest BCUT2D eigenvalue weighted by atomic mass is 9.98. The van der Waals surface area contributed by atoms with E-state index >= 15 is 0 Å². The molecule has 2 aromatic carbocycles. The highest BCUT2D eigenvalue weighted by Gasteiger charge is 2.19. The number of hydrogen-bond acceptors (Lipinski definition) is 1. The molecule has 0 amide bonds. The van der Waals surface area contributed by atoms with Crippen LogP contribution in [0.4, 0.5) is 4.39 Å². The minimum absolute atomic E-state index is 0.00812. The van der Waals surface area contributed by atoms with Gasteiger partial charge in [0.25, 0.3) is 0 Å². The van der Waals surface area contributed by atoms with Gasteiger partial charge in [0.05, 0.1) is 6.04 Å². The van der Waals surface area contributed by atoms with Crippen molar-refractivity contribution in [3.05, 3.63) is 65.4 Å². The summed E-state index contributed by atoms with van der Waals surface area (Å²) in [6.07, 6.45) is 0. The normalized spacial score (nSPS) is 12.5. The van der Waals surface area contributed by atoms with Gasteiger partial charge in [0.15, 0.2) is 0 Å². The fraction of sp³-hybridized carbons (Fsp3) is 0.200. The Morgan fingerprint density at radius 3 is 2.40 bits per heavy atom. The van der Waals surface area contributed by atoms with E-state index in [1.54, 1.807) is 6.07 Å². The molecule has 0 saturated heterocycles. The van der Waals surface area contributed by atoms with Crippen molar-refractivity contribution < 1.29 is 4.39 Å². The molecule has 0 aromatic heterocycles. The van der Waals surface area contributed by atoms with Crippen LogP contribution in [-0.4, -0.2) is 7.05 Å². The molecule has 0 aliphatic rings. The predicted octanol–water partition coefficient (Wildman–Crippen LogP) is 5.57. The largest absolute Gasteiger partial charge is 0.309 e. The van der Waals surface area contributed by atoms with Crippen LogP contribution >= 0.6 is 54.5 Å². The quantitative estimate of drug-likeness (QED) is 0.530. The van der Waals surface area contributed by atoms with Crippen molar-refractivity contribution in [1.29, 1.82) is 0 Å². The smallest absolute Gasteiger partial charge is 0.124 e. The molecule has 1 unspecified atom stereocenters. The van der Waals surface area contributed by atoms with Crippen molar-refractivity contribution in [3.8, 4) is 0 Å². The zero-order valence-corrected chi connectivity index (χ0v) is 16.3. The fourth-order valence-electron chi connectivity index (χ4n) is 2.10. The lowest BCUT2D eigenvalue weighted by Gasteiger charge is -2.21. The molecule has 20 heavy (non-hydrogen) atoms. The maximum atomic E-state index is 13.3. The average molecular weight is 513 g/mol. The summed E-state index contributed by atoms with van der Waals surface area (Å²) in [5.74, 6) is -0.211. The monoisotopic (exact) mass is 511 g/mol. The Labute approximate surface area is 148 Å². The first-order valence-corrected chi connectivity index (χ1v) is 8.68. The highest BCUT2D eigenvalue weighted by Crippen LogP contribution is 2.34. The van der Waals surface area contributed by atoms with E-state index < -0.39 is 0 Å². The summed E-state index contributed by atoms with van der Waals surface area (Å²) in [5.41, 5.74) is 3.35. The third kappa shape index (κ3) is 3.43. The summed E-state index contributed by atoms with van der Waals surface area (Å²) < 4.78 is 16.3. The second-order valence-corrected chi connectivity index (χ2v) is 7.38. The Morgan fingerprint density at radius 1 is 1.10 bits per heavy atom. The molecule has 0 saturated carbocycles. The molecule has 106 valence electrons. The van der Waals surface area contributed by atoms with Crippen LogP contribution in [0.2, 0.25) is 0 Å². The minimum Gasteiger partial charge on any atom is -0.309 e. The maximum Gasteiger partial charge on any atom is 0.124 e. The van der Waals surface area contributed by atoms with Gasteiger partial charge < -0.3 is 5.32 Å². The first kappa shape index (κ1) is 16.4. The van der Waals surface area contributed by atoms with E-state index in [-0.39, 0.29) is 11.9 Å². The number of hydrogen-bond donors (Lipinski definition) is 1. The molecule has 1 atom stereocenters. The minimum atomic E-state index is -0.211. The van der Waals surface area contributed by atoms with E-state index in [2.05, 4.69) is 78.8 Å². The first-order chi connectivity index (χ1) is 9.43. The van der Waals surface area contributed by atoms with Crippen LogP contribution in [0.3, 0.4) is 0 Å². The second kappa shape index (κ2) is 6.85. The van der Waals surface area contributed by atoms with Gasteiger partial charge in [0, 0.05) is 12.5 Å². The summed E-state index contributed by atoms with van der Waals surface area (Å²) in [4.78, 5) is 0. The topological polar surface area (TPSA) is 12.0 Å². The van der Waals surface area contributed by atoms with Crippen LogP contribution in [0.1, 0.15) is 22.7 Å². The van der Waals surface area contributed by atoms with Gasteiger partial charge in [0.1, 0.15) is 5.82 Å². The molecular weight excluding hydrogens is 500 g/mol. The second-order valence-electron chi connectivity index (χ2n) is 4.51. The van der Waals surface area contributed by atoms with E-state index in [1.165, 1.54) is 11.6 Å². The van der Waals surface area contributed by atoms with Crippen molar-refractivity contribution in [3.63, 3.8) is 0 Å². The molecule has 0 bridgehead atoms. The van der Waals surface area contributed by atoms with Crippen LogP contribution in [-0.2, 0) is 0 Å². The Kier molecular flexibility index (Phi) is 5.62. The maximum absolute atomic E-state index is 13.3. The van der Waals surface area contributed by atoms with Crippen molar-refractivity contribution in [2.24, 2.45) is 0 Å². The molecule has 0 fully saturated rings. The molecule has 0 aliphatic carbocycles. The van der Waals surface area contributed by atoms with Gasteiger partial charge in [-0.1, -0.05) is 37.9 Å². The first-order valence-electron chi connectivity index (χ1n) is 6.01. The van der Waals surface area contributed by atoms with Crippen LogP contribution in [0.15, 0.2) is 39.3 Å². The van der Waals surface area contributed by atoms with Crippen LogP contribution < -0.4 is 5.32 Å². The molecule has 0 heterocycles. The summed E-state index contributed by atoms with van der Waals surface area (Å²) in [5, 5.41) is 3.30. The average Bonchev–Trinajstić information content (AvgIpc) is 2.38. The molecule has 0 aliphatic heterocycles. The zero-order chi connectivity index (χ0) is 14.9. The molecule has 1 nitrogen and oxygen atoms in total. The Hall–Kier alpha value is 0.0200. The molecular formula is C15H13Br2FIN. The standard InChI is InChI=1S/C15H13Br2FIN/c1-8-5-13(17)11(7-12(8)16)15(20-2)10-4-3-9(18)6-14(10)19/h3-7,15,20H,1-2H3. The van der Waals surface area contributed by atoms with Gasteiger partial charge in [-0.2, -0.15) is 0 Å². The van der Waals surface area contributed by atoms with E-state index in [0.29, 0.717) is 0 Å². The number of aryl methyl sites for hydroxylation is 1. The van der Waals surface area contributed by atoms with Crippen molar-refractivity contribution in [2.45, 2.75) is 13.0 Å². The lowest BCUT2D eigenvalue weighted by Crippen LogP contribution is -2.19. The third-order valence-electron chi connectivity index (χ3n) is 3.15. The van der Waals surface area contributed by atoms with E-state index in [0.717, 1.165) is 23.6 Å². The predicted molar refractivity (Wildman–Crippen MR) is 96.6 cm³/mol. The highest BCUT2D eigenvalue weighted by atomic mass is 127. The van der Waals surface area contributed by atoms with Crippen LogP contribution in [0, 0.1) is 16.3 Å². The zero-order valence-electron chi connectivity index (χ0n) is 11.0. The van der Waals surface area contributed by atoms with E-state index in [9.17, 15) is 4.39 Å². The van der Waals surface area contributed by atoms with Gasteiger partial charge in [0.2, 0.25) is 0 Å². The van der Waals surface area contributed by atoms with Crippen LogP contribution in [0.5, 0.6) is 0 Å². The fourth-order valence-corrected chi connectivity index (χ4v) is 3.93. The van der Waals surface area contributed by atoms with E-state index in [4.69, 9.17) is 0 Å². The summed E-state index contributed by atoms with van der Waals surface area (Å²) in [6, 6.07) is 9.07. The van der Waals surface area contributed by atoms with Gasteiger partial charge in [-0.05, 0) is 77.5 Å². The Morgan fingerprint density at radius 2 is 1.80 bits per heavy atom. The lowest BCUT2D eigenvalue weighted by molar-refractivity contribution is 0.621. The number of rotatable bonds is 3. The number of nitrogens with one attached hydrogen (secondary N) is 1. The SMILES string of the molecule is CNC(c1cc(Br)c(C)cc1Br)c1ccc(F)cc1I. The summed E-state index contributed by atoms with van der Waals surface area (Å²) >= 11 is 9.36. The number of benzene rings is 2. The van der Waals surface area contributed by atoms with Gasteiger partial charge in [-0.15, -0.1) is 0 Å². The molecule has 2 aromatic rings. The van der Waals surface area contributed by atoms with Crippen LogP contribution in [0.25, 0.3) is 0 Å². The molecule has 5 heteroatoms. The molecule has 2 rings (SSSR count). The van der Waals surface area contributed by atoms with Crippen molar-refractivity contribution >= 4 is 54.5 Å². The molecule has 0 spiro atoms. The molecule has 1 N–H and O–H groups in total. The third-order valence-corrected chi connectivity index (χ3v) is 5.63. The van der Waals surface area contributed by atoms with E-state index in [1.807, 2.05) is 13.1 Å². The Bertz CT molecular complexity index is 646. The summed E-state index contributed by atoms with van der Waals surface area (Å²) in [6.45, 7) is 2.05.